The van der Waals surface area contributed by atoms with E-state index in [0.717, 1.165) is 48.4 Å². The van der Waals surface area contributed by atoms with Crippen molar-refractivity contribution in [2.45, 2.75) is 37.3 Å². The fraction of sp³-hybridized carbons (Fsp3) is 0.292. The second-order valence-corrected chi connectivity index (χ2v) is 7.48. The lowest BCUT2D eigenvalue weighted by molar-refractivity contribution is -0.126. The van der Waals surface area contributed by atoms with Gasteiger partial charge in [0.1, 0.15) is 23.1 Å². The second kappa shape index (κ2) is 8.43. The number of benzene rings is 2. The van der Waals surface area contributed by atoms with Gasteiger partial charge >= 0.3 is 0 Å². The van der Waals surface area contributed by atoms with Crippen LogP contribution in [0.25, 0.3) is 0 Å². The molecular weight excluding hydrogens is 364 g/mol. The van der Waals surface area contributed by atoms with E-state index >= 15 is 0 Å². The van der Waals surface area contributed by atoms with E-state index in [2.05, 4.69) is 10.6 Å². The predicted molar refractivity (Wildman–Crippen MR) is 113 cm³/mol. The monoisotopic (exact) mass is 390 g/mol. The van der Waals surface area contributed by atoms with Crippen LogP contribution in [0.1, 0.15) is 43.0 Å². The minimum Gasteiger partial charge on any atom is -0.497 e. The summed E-state index contributed by atoms with van der Waals surface area (Å²) in [6, 6.07) is 21.0. The van der Waals surface area contributed by atoms with Crippen LogP contribution in [0.3, 0.4) is 0 Å². The third-order valence-electron chi connectivity index (χ3n) is 5.60. The highest BCUT2D eigenvalue weighted by molar-refractivity contribution is 5.90. The highest BCUT2D eigenvalue weighted by Crippen LogP contribution is 2.35. The average molecular weight is 390 g/mol. The molecule has 150 valence electrons. The highest BCUT2D eigenvalue weighted by atomic mass is 16.5. The number of nitrogens with one attached hydrogen (secondary N) is 2. The largest absolute Gasteiger partial charge is 0.497 e. The maximum absolute atomic E-state index is 13.5. The summed E-state index contributed by atoms with van der Waals surface area (Å²) in [4.78, 5) is 13.5. The Labute approximate surface area is 171 Å². The maximum Gasteiger partial charge on any atom is 0.246 e. The van der Waals surface area contributed by atoms with Crippen molar-refractivity contribution in [1.29, 1.82) is 0 Å². The number of methoxy groups -OCH3 is 1. The van der Waals surface area contributed by atoms with Crippen molar-refractivity contribution in [1.82, 2.24) is 5.32 Å². The van der Waals surface area contributed by atoms with Gasteiger partial charge in [0.05, 0.1) is 13.4 Å². The number of furan rings is 1. The zero-order valence-corrected chi connectivity index (χ0v) is 16.6. The first kappa shape index (κ1) is 19.1. The fourth-order valence-corrected chi connectivity index (χ4v) is 4.03. The summed E-state index contributed by atoms with van der Waals surface area (Å²) in [5.74, 6) is 1.51. The van der Waals surface area contributed by atoms with Crippen molar-refractivity contribution < 1.29 is 13.9 Å². The normalized spacial score (nSPS) is 16.2. The predicted octanol–water partition coefficient (Wildman–Crippen LogP) is 4.92. The van der Waals surface area contributed by atoms with Crippen LogP contribution in [-0.4, -0.2) is 18.6 Å². The first-order valence-corrected chi connectivity index (χ1v) is 10.0. The Hall–Kier alpha value is -3.21. The third-order valence-corrected chi connectivity index (χ3v) is 5.60. The average Bonchev–Trinajstić information content (AvgIpc) is 3.46. The van der Waals surface area contributed by atoms with Crippen molar-refractivity contribution >= 4 is 11.6 Å². The van der Waals surface area contributed by atoms with Crippen LogP contribution in [0.2, 0.25) is 0 Å². The van der Waals surface area contributed by atoms with Gasteiger partial charge in [-0.1, -0.05) is 43.2 Å². The molecule has 0 spiro atoms. The van der Waals surface area contributed by atoms with E-state index in [9.17, 15) is 4.79 Å². The molecule has 0 bridgehead atoms. The van der Waals surface area contributed by atoms with Gasteiger partial charge in [0, 0.05) is 5.69 Å². The Bertz CT molecular complexity index is 915. The van der Waals surface area contributed by atoms with E-state index in [0.29, 0.717) is 0 Å². The number of rotatable bonds is 7. The molecule has 29 heavy (non-hydrogen) atoms. The number of carbonyl (C=O) groups excluding carboxylic acids is 1. The maximum atomic E-state index is 13.5. The van der Waals surface area contributed by atoms with Crippen LogP contribution in [0.5, 0.6) is 5.75 Å². The van der Waals surface area contributed by atoms with Crippen molar-refractivity contribution in [3.05, 3.63) is 84.3 Å². The van der Waals surface area contributed by atoms with Gasteiger partial charge < -0.3 is 19.8 Å². The molecule has 1 atom stereocenters. The van der Waals surface area contributed by atoms with Crippen LogP contribution in [0.15, 0.2) is 77.4 Å². The Balaban J connectivity index is 1.58. The van der Waals surface area contributed by atoms with Gasteiger partial charge in [-0.05, 0) is 54.8 Å². The molecular formula is C24H26N2O3. The SMILES string of the molecule is COc1ccc(NC2(C(=O)NC(c3ccccc3)c3ccco3)CCCC2)cc1. The van der Waals surface area contributed by atoms with E-state index < -0.39 is 5.54 Å². The standard InChI is InChI=1S/C24H26N2O3/c1-28-20-13-11-19(12-14-20)26-24(15-5-6-16-24)23(27)25-22(21-10-7-17-29-21)18-8-3-2-4-9-18/h2-4,7-14,17,22,26H,5-6,15-16H2,1H3,(H,25,27). The molecule has 1 aromatic heterocycles. The van der Waals surface area contributed by atoms with Gasteiger partial charge in [0.2, 0.25) is 5.91 Å². The lowest BCUT2D eigenvalue weighted by Crippen LogP contribution is -2.51. The molecule has 3 aromatic rings. The molecule has 5 nitrogen and oxygen atoms in total. The molecule has 0 aliphatic heterocycles. The summed E-state index contributed by atoms with van der Waals surface area (Å²) in [5.41, 5.74) is 1.28. The molecule has 1 aliphatic rings. The summed E-state index contributed by atoms with van der Waals surface area (Å²) >= 11 is 0. The summed E-state index contributed by atoms with van der Waals surface area (Å²) < 4.78 is 10.9. The number of ether oxygens (including phenoxy) is 1. The van der Waals surface area contributed by atoms with Gasteiger partial charge in [-0.15, -0.1) is 0 Å². The molecule has 0 radical (unpaired) electrons. The lowest BCUT2D eigenvalue weighted by atomic mass is 9.94. The van der Waals surface area contributed by atoms with E-state index in [1.165, 1.54) is 0 Å². The van der Waals surface area contributed by atoms with Gasteiger partial charge in [-0.3, -0.25) is 4.79 Å². The molecule has 1 heterocycles. The number of carbonyl (C=O) groups is 1. The van der Waals surface area contributed by atoms with Crippen molar-refractivity contribution in [3.8, 4) is 5.75 Å². The number of hydrogen-bond acceptors (Lipinski definition) is 4. The molecule has 1 aliphatic carbocycles. The quantitative estimate of drug-likeness (QED) is 0.601. The fourth-order valence-electron chi connectivity index (χ4n) is 4.03. The highest BCUT2D eigenvalue weighted by Gasteiger charge is 2.42. The van der Waals surface area contributed by atoms with Crippen LogP contribution in [0.4, 0.5) is 5.69 Å². The molecule has 1 amide bonds. The summed E-state index contributed by atoms with van der Waals surface area (Å²) in [7, 11) is 1.65. The Kier molecular flexibility index (Phi) is 5.56. The van der Waals surface area contributed by atoms with E-state index in [4.69, 9.17) is 9.15 Å². The molecule has 5 heteroatoms. The minimum atomic E-state index is -0.631. The van der Waals surface area contributed by atoms with Gasteiger partial charge in [-0.2, -0.15) is 0 Å². The zero-order chi connectivity index (χ0) is 20.1. The van der Waals surface area contributed by atoms with E-state index in [1.807, 2.05) is 66.7 Å². The lowest BCUT2D eigenvalue weighted by Gasteiger charge is -2.32. The van der Waals surface area contributed by atoms with Gasteiger partial charge in [-0.25, -0.2) is 0 Å². The Morgan fingerprint density at radius 2 is 1.72 bits per heavy atom. The molecule has 2 aromatic carbocycles. The smallest absolute Gasteiger partial charge is 0.246 e. The van der Waals surface area contributed by atoms with Crippen LogP contribution >= 0.6 is 0 Å². The van der Waals surface area contributed by atoms with E-state index in [1.54, 1.807) is 13.4 Å². The molecule has 1 fully saturated rings. The zero-order valence-electron chi connectivity index (χ0n) is 16.6. The summed E-state index contributed by atoms with van der Waals surface area (Å²) in [5, 5.41) is 6.75. The van der Waals surface area contributed by atoms with Crippen molar-refractivity contribution in [3.63, 3.8) is 0 Å². The topological polar surface area (TPSA) is 63.5 Å². The first-order valence-electron chi connectivity index (χ1n) is 10.0. The van der Waals surface area contributed by atoms with Crippen LogP contribution in [0, 0.1) is 0 Å². The van der Waals surface area contributed by atoms with Gasteiger partial charge in [0.25, 0.3) is 0 Å². The number of hydrogen-bond donors (Lipinski definition) is 2. The Morgan fingerprint density at radius 3 is 2.34 bits per heavy atom. The third kappa shape index (κ3) is 4.14. The van der Waals surface area contributed by atoms with Gasteiger partial charge in [0.15, 0.2) is 0 Å². The summed E-state index contributed by atoms with van der Waals surface area (Å²) in [6.07, 6.45) is 5.27. The molecule has 1 unspecified atom stereocenters. The molecule has 1 saturated carbocycles. The molecule has 0 saturated heterocycles. The van der Waals surface area contributed by atoms with E-state index in [-0.39, 0.29) is 11.9 Å². The number of anilines is 1. The number of amides is 1. The Morgan fingerprint density at radius 1 is 1.00 bits per heavy atom. The van der Waals surface area contributed by atoms with Crippen molar-refractivity contribution in [2.75, 3.05) is 12.4 Å². The second-order valence-electron chi connectivity index (χ2n) is 7.48. The van der Waals surface area contributed by atoms with Crippen LogP contribution < -0.4 is 15.4 Å². The molecule has 4 rings (SSSR count). The first-order chi connectivity index (χ1) is 14.2. The molecule has 2 N–H and O–H groups in total. The summed E-state index contributed by atoms with van der Waals surface area (Å²) in [6.45, 7) is 0. The minimum absolute atomic E-state index is 0.00364. The van der Waals surface area contributed by atoms with Crippen molar-refractivity contribution in [2.24, 2.45) is 0 Å². The van der Waals surface area contributed by atoms with Crippen LogP contribution in [-0.2, 0) is 4.79 Å².